The molecule has 9 heteroatoms. The molecule has 2 aliphatic rings. The average molecular weight is 547 g/mol. The van der Waals surface area contributed by atoms with E-state index in [1.165, 1.54) is 29.9 Å². The summed E-state index contributed by atoms with van der Waals surface area (Å²) in [5.74, 6) is 2.99. The van der Waals surface area contributed by atoms with E-state index < -0.39 is 0 Å². The maximum atomic E-state index is 13.4. The van der Waals surface area contributed by atoms with E-state index in [0.717, 1.165) is 68.4 Å². The molecule has 1 aromatic carbocycles. The minimum Gasteiger partial charge on any atom is -0.379 e. The van der Waals surface area contributed by atoms with Gasteiger partial charge in [0.05, 0.1) is 13.2 Å². The fourth-order valence-electron chi connectivity index (χ4n) is 4.28. The monoisotopic (exact) mass is 547 g/mol. The number of rotatable bonds is 6. The molecule has 2 saturated heterocycles. The van der Waals surface area contributed by atoms with E-state index >= 15 is 0 Å². The molecule has 3 heterocycles. The Morgan fingerprint density at radius 1 is 1.33 bits per heavy atom. The second-order valence-electron chi connectivity index (χ2n) is 7.73. The van der Waals surface area contributed by atoms with E-state index in [2.05, 4.69) is 25.5 Å². The van der Waals surface area contributed by atoms with Crippen LogP contribution in [0.3, 0.4) is 0 Å². The minimum atomic E-state index is -0.215. The van der Waals surface area contributed by atoms with Crippen LogP contribution in [0.25, 0.3) is 10.9 Å². The van der Waals surface area contributed by atoms with Gasteiger partial charge < -0.3 is 20.4 Å². The SMILES string of the molecule is CN=C(NCCc1c[nH]c2cc(F)ccc12)NCC1(N2CCOCC2)CCSC1.I. The van der Waals surface area contributed by atoms with Crippen LogP contribution in [-0.2, 0) is 11.2 Å². The number of nitrogens with one attached hydrogen (secondary N) is 3. The smallest absolute Gasteiger partial charge is 0.191 e. The van der Waals surface area contributed by atoms with Crippen LogP contribution in [0, 0.1) is 5.82 Å². The molecule has 1 aromatic heterocycles. The van der Waals surface area contributed by atoms with E-state index in [4.69, 9.17) is 4.74 Å². The van der Waals surface area contributed by atoms with Crippen molar-refractivity contribution < 1.29 is 9.13 Å². The molecule has 2 fully saturated rings. The molecule has 1 unspecified atom stereocenters. The molecule has 2 aromatic rings. The third-order valence-corrected chi connectivity index (χ3v) is 7.22. The van der Waals surface area contributed by atoms with Gasteiger partial charge in [-0.25, -0.2) is 4.39 Å². The second-order valence-corrected chi connectivity index (χ2v) is 8.84. The lowest BCUT2D eigenvalue weighted by Gasteiger charge is -2.43. The number of hydrogen-bond donors (Lipinski definition) is 3. The second kappa shape index (κ2) is 11.0. The molecule has 0 aliphatic carbocycles. The molecule has 4 rings (SSSR count). The molecule has 1 atom stereocenters. The number of nitrogens with zero attached hydrogens (tertiary/aromatic N) is 2. The summed E-state index contributed by atoms with van der Waals surface area (Å²) in [5, 5.41) is 8.06. The fourth-order valence-corrected chi connectivity index (χ4v) is 5.76. The molecule has 0 radical (unpaired) electrons. The number of morpholine rings is 1. The van der Waals surface area contributed by atoms with Gasteiger partial charge >= 0.3 is 0 Å². The number of guanidine groups is 1. The quantitative estimate of drug-likeness (QED) is 0.295. The first kappa shape index (κ1) is 23.6. The van der Waals surface area contributed by atoms with Gasteiger partial charge in [-0.05, 0) is 42.4 Å². The average Bonchev–Trinajstić information content (AvgIpc) is 3.39. The van der Waals surface area contributed by atoms with Gasteiger partial charge in [-0.2, -0.15) is 11.8 Å². The highest BCUT2D eigenvalue weighted by molar-refractivity contribution is 14.0. The molecular weight excluding hydrogens is 516 g/mol. The van der Waals surface area contributed by atoms with Crippen molar-refractivity contribution in [1.82, 2.24) is 20.5 Å². The molecule has 166 valence electrons. The van der Waals surface area contributed by atoms with E-state index in [1.54, 1.807) is 0 Å². The maximum Gasteiger partial charge on any atom is 0.191 e. The molecule has 3 N–H and O–H groups in total. The van der Waals surface area contributed by atoms with Crippen LogP contribution in [0.15, 0.2) is 29.4 Å². The third-order valence-electron chi connectivity index (χ3n) is 5.99. The van der Waals surface area contributed by atoms with Crippen LogP contribution in [0.4, 0.5) is 4.39 Å². The van der Waals surface area contributed by atoms with Gasteiger partial charge in [0.1, 0.15) is 5.82 Å². The molecule has 0 saturated carbocycles. The number of thioether (sulfide) groups is 1. The number of benzene rings is 1. The summed E-state index contributed by atoms with van der Waals surface area (Å²) in [5.41, 5.74) is 2.21. The van der Waals surface area contributed by atoms with Gasteiger partial charge in [0.15, 0.2) is 5.96 Å². The normalized spacial score (nSPS) is 22.8. The zero-order valence-electron chi connectivity index (χ0n) is 17.4. The highest BCUT2D eigenvalue weighted by Gasteiger charge is 2.40. The predicted octanol–water partition coefficient (Wildman–Crippen LogP) is 2.84. The van der Waals surface area contributed by atoms with Gasteiger partial charge in [-0.15, -0.1) is 24.0 Å². The summed E-state index contributed by atoms with van der Waals surface area (Å²) in [6.07, 6.45) is 4.01. The number of aromatic amines is 1. The first-order valence-electron chi connectivity index (χ1n) is 10.3. The van der Waals surface area contributed by atoms with Crippen molar-refractivity contribution in [1.29, 1.82) is 0 Å². The van der Waals surface area contributed by atoms with E-state index in [9.17, 15) is 4.39 Å². The lowest BCUT2D eigenvalue weighted by molar-refractivity contribution is -0.0120. The molecule has 0 spiro atoms. The predicted molar refractivity (Wildman–Crippen MR) is 134 cm³/mol. The van der Waals surface area contributed by atoms with Gasteiger partial charge in [0, 0.05) is 61.6 Å². The van der Waals surface area contributed by atoms with Crippen molar-refractivity contribution in [3.05, 3.63) is 35.8 Å². The minimum absolute atomic E-state index is 0. The highest BCUT2D eigenvalue weighted by atomic mass is 127. The van der Waals surface area contributed by atoms with Crippen molar-refractivity contribution in [3.8, 4) is 0 Å². The van der Waals surface area contributed by atoms with Crippen molar-refractivity contribution in [2.24, 2.45) is 4.99 Å². The Morgan fingerprint density at radius 3 is 2.90 bits per heavy atom. The Morgan fingerprint density at radius 2 is 2.17 bits per heavy atom. The largest absolute Gasteiger partial charge is 0.379 e. The summed E-state index contributed by atoms with van der Waals surface area (Å²) < 4.78 is 18.9. The Labute approximate surface area is 198 Å². The van der Waals surface area contributed by atoms with Crippen LogP contribution >= 0.6 is 35.7 Å². The highest BCUT2D eigenvalue weighted by Crippen LogP contribution is 2.33. The lowest BCUT2D eigenvalue weighted by atomic mass is 9.95. The molecule has 0 bridgehead atoms. The van der Waals surface area contributed by atoms with Crippen molar-refractivity contribution in [3.63, 3.8) is 0 Å². The summed E-state index contributed by atoms with van der Waals surface area (Å²) in [6.45, 7) is 5.34. The Kier molecular flexibility index (Phi) is 8.67. The van der Waals surface area contributed by atoms with Crippen molar-refractivity contribution in [2.45, 2.75) is 18.4 Å². The van der Waals surface area contributed by atoms with Crippen LogP contribution < -0.4 is 10.6 Å². The number of aromatic nitrogens is 1. The Balaban J connectivity index is 0.00000256. The van der Waals surface area contributed by atoms with E-state index in [1.807, 2.05) is 31.1 Å². The third kappa shape index (κ3) is 5.41. The number of ether oxygens (including phenoxy) is 1. The van der Waals surface area contributed by atoms with Gasteiger partial charge in [0.2, 0.25) is 0 Å². The van der Waals surface area contributed by atoms with Crippen LogP contribution in [0.2, 0.25) is 0 Å². The lowest BCUT2D eigenvalue weighted by Crippen LogP contribution is -2.60. The van der Waals surface area contributed by atoms with Crippen molar-refractivity contribution in [2.75, 3.05) is 57.9 Å². The van der Waals surface area contributed by atoms with E-state index in [0.29, 0.717) is 0 Å². The topological polar surface area (TPSA) is 64.7 Å². The summed E-state index contributed by atoms with van der Waals surface area (Å²) in [7, 11) is 1.81. The standard InChI is InChI=1S/C21H30FN5OS.HI/c1-23-20(24-6-4-16-13-25-19-12-17(22)2-3-18(16)19)26-14-21(5-11-29-15-21)27-7-9-28-10-8-27;/h2-3,12-13,25H,4-11,14-15H2,1H3,(H2,23,24,26);1H. The van der Waals surface area contributed by atoms with Gasteiger partial charge in [-0.1, -0.05) is 0 Å². The van der Waals surface area contributed by atoms with Crippen LogP contribution in [-0.4, -0.2) is 79.3 Å². The molecule has 0 amide bonds. The summed E-state index contributed by atoms with van der Waals surface area (Å²) in [6, 6.07) is 4.89. The van der Waals surface area contributed by atoms with Crippen LogP contribution in [0.1, 0.15) is 12.0 Å². The first-order chi connectivity index (χ1) is 14.2. The number of H-pyrrole nitrogens is 1. The molecule has 2 aliphatic heterocycles. The maximum absolute atomic E-state index is 13.4. The number of fused-ring (bicyclic) bond motifs is 1. The molecular formula is C21H31FIN5OS. The number of halogens is 2. The zero-order chi connectivity index (χ0) is 20.1. The van der Waals surface area contributed by atoms with Gasteiger partial charge in [-0.3, -0.25) is 9.89 Å². The number of hydrogen-bond acceptors (Lipinski definition) is 4. The zero-order valence-corrected chi connectivity index (χ0v) is 20.5. The van der Waals surface area contributed by atoms with Gasteiger partial charge in [0.25, 0.3) is 0 Å². The van der Waals surface area contributed by atoms with Crippen molar-refractivity contribution >= 4 is 52.6 Å². The fraction of sp³-hybridized carbons (Fsp3) is 0.571. The van der Waals surface area contributed by atoms with Crippen LogP contribution in [0.5, 0.6) is 0 Å². The Hall–Kier alpha value is -1.04. The summed E-state index contributed by atoms with van der Waals surface area (Å²) in [4.78, 5) is 10.2. The summed E-state index contributed by atoms with van der Waals surface area (Å²) >= 11 is 2.04. The Bertz CT molecular complexity index is 849. The molecule has 30 heavy (non-hydrogen) atoms. The number of aliphatic imine (C=N–C) groups is 1. The molecule has 6 nitrogen and oxygen atoms in total. The first-order valence-corrected chi connectivity index (χ1v) is 11.5. The van der Waals surface area contributed by atoms with E-state index in [-0.39, 0.29) is 35.3 Å².